The zero-order valence-electron chi connectivity index (χ0n) is 9.66. The summed E-state index contributed by atoms with van der Waals surface area (Å²) in [5.41, 5.74) is 4.38. The van der Waals surface area contributed by atoms with Crippen LogP contribution in [0.15, 0.2) is 41.1 Å². The maximum absolute atomic E-state index is 11.4. The minimum atomic E-state index is -0.369. The molecule has 2 heterocycles. The topological polar surface area (TPSA) is 63.6 Å². The van der Waals surface area contributed by atoms with Crippen molar-refractivity contribution in [2.24, 2.45) is 5.10 Å². The molecule has 2 aromatic heterocycles. The molecular weight excluding hydrogens is 250 g/mol. The van der Waals surface area contributed by atoms with Gasteiger partial charge in [0.2, 0.25) is 0 Å². The maximum Gasteiger partial charge on any atom is 0.350 e. The fraction of sp³-hybridized carbons (Fsp3) is 0.0833. The number of ether oxygens (including phenoxy) is 1. The van der Waals surface area contributed by atoms with Gasteiger partial charge in [-0.15, -0.1) is 11.3 Å². The molecule has 0 aliphatic carbocycles. The SMILES string of the molecule is COC(=O)c1sccc1NN=Cc1ccncc1. The molecule has 0 saturated carbocycles. The van der Waals surface area contributed by atoms with Crippen LogP contribution < -0.4 is 5.43 Å². The molecular formula is C12H11N3O2S. The maximum atomic E-state index is 11.4. The average molecular weight is 261 g/mol. The van der Waals surface area contributed by atoms with Gasteiger partial charge in [-0.25, -0.2) is 4.79 Å². The van der Waals surface area contributed by atoms with E-state index in [1.54, 1.807) is 30.1 Å². The molecule has 0 fully saturated rings. The van der Waals surface area contributed by atoms with Crippen molar-refractivity contribution < 1.29 is 9.53 Å². The second-order valence-electron chi connectivity index (χ2n) is 3.31. The van der Waals surface area contributed by atoms with E-state index < -0.39 is 0 Å². The van der Waals surface area contributed by atoms with Crippen LogP contribution in [0.4, 0.5) is 5.69 Å². The minimum Gasteiger partial charge on any atom is -0.465 e. The van der Waals surface area contributed by atoms with Gasteiger partial charge in [0.15, 0.2) is 0 Å². The van der Waals surface area contributed by atoms with Gasteiger partial charge >= 0.3 is 5.97 Å². The molecule has 2 rings (SSSR count). The summed E-state index contributed by atoms with van der Waals surface area (Å²) < 4.78 is 4.67. The number of nitrogens with zero attached hydrogens (tertiary/aromatic N) is 2. The van der Waals surface area contributed by atoms with Crippen LogP contribution in [-0.2, 0) is 4.74 Å². The number of thiophene rings is 1. The lowest BCUT2D eigenvalue weighted by atomic mass is 10.3. The lowest BCUT2D eigenvalue weighted by Crippen LogP contribution is -2.01. The zero-order valence-corrected chi connectivity index (χ0v) is 10.5. The third-order valence-electron chi connectivity index (χ3n) is 2.14. The summed E-state index contributed by atoms with van der Waals surface area (Å²) in [6.07, 6.45) is 5.03. The Morgan fingerprint density at radius 1 is 1.44 bits per heavy atom. The standard InChI is InChI=1S/C12H11N3O2S/c1-17-12(16)11-10(4-7-18-11)15-14-8-9-2-5-13-6-3-9/h2-8,15H,1H3. The van der Waals surface area contributed by atoms with Crippen molar-refractivity contribution in [2.75, 3.05) is 12.5 Å². The highest BCUT2D eigenvalue weighted by Gasteiger charge is 2.12. The second kappa shape index (κ2) is 5.92. The Morgan fingerprint density at radius 2 is 2.22 bits per heavy atom. The van der Waals surface area contributed by atoms with E-state index in [1.807, 2.05) is 12.1 Å². The van der Waals surface area contributed by atoms with Crippen LogP contribution in [0.1, 0.15) is 15.2 Å². The monoisotopic (exact) mass is 261 g/mol. The number of anilines is 1. The van der Waals surface area contributed by atoms with Crippen molar-refractivity contribution in [3.05, 3.63) is 46.4 Å². The van der Waals surface area contributed by atoms with Crippen LogP contribution in [0.2, 0.25) is 0 Å². The molecule has 18 heavy (non-hydrogen) atoms. The van der Waals surface area contributed by atoms with Gasteiger partial charge in [0.1, 0.15) is 4.88 Å². The van der Waals surface area contributed by atoms with Gasteiger partial charge in [-0.05, 0) is 29.1 Å². The first kappa shape index (κ1) is 12.3. The molecule has 0 atom stereocenters. The van der Waals surface area contributed by atoms with Crippen LogP contribution in [0.3, 0.4) is 0 Å². The highest BCUT2D eigenvalue weighted by molar-refractivity contribution is 7.12. The molecule has 0 aliphatic heterocycles. The molecule has 0 spiro atoms. The normalized spacial score (nSPS) is 10.5. The van der Waals surface area contributed by atoms with E-state index in [-0.39, 0.29) is 5.97 Å². The van der Waals surface area contributed by atoms with Crippen LogP contribution in [0.5, 0.6) is 0 Å². The first-order valence-electron chi connectivity index (χ1n) is 5.16. The largest absolute Gasteiger partial charge is 0.465 e. The van der Waals surface area contributed by atoms with E-state index in [2.05, 4.69) is 20.2 Å². The van der Waals surface area contributed by atoms with E-state index in [4.69, 9.17) is 0 Å². The highest BCUT2D eigenvalue weighted by Crippen LogP contribution is 2.22. The van der Waals surface area contributed by atoms with E-state index in [0.29, 0.717) is 10.6 Å². The quantitative estimate of drug-likeness (QED) is 0.521. The Bertz CT molecular complexity index is 551. The fourth-order valence-electron chi connectivity index (χ4n) is 1.27. The van der Waals surface area contributed by atoms with E-state index in [0.717, 1.165) is 5.56 Å². The lowest BCUT2D eigenvalue weighted by molar-refractivity contribution is 0.0607. The van der Waals surface area contributed by atoms with Crippen molar-refractivity contribution in [1.29, 1.82) is 0 Å². The molecule has 0 unspecified atom stereocenters. The average Bonchev–Trinajstić information content (AvgIpc) is 2.87. The third-order valence-corrected chi connectivity index (χ3v) is 3.04. The predicted molar refractivity (Wildman–Crippen MR) is 71.1 cm³/mol. The Hall–Kier alpha value is -2.21. The Morgan fingerprint density at radius 3 is 2.94 bits per heavy atom. The summed E-state index contributed by atoms with van der Waals surface area (Å²) in [4.78, 5) is 15.8. The van der Waals surface area contributed by atoms with E-state index in [1.165, 1.54) is 18.4 Å². The van der Waals surface area contributed by atoms with Crippen molar-refractivity contribution in [1.82, 2.24) is 4.98 Å². The number of aromatic nitrogens is 1. The second-order valence-corrected chi connectivity index (χ2v) is 4.22. The molecule has 0 amide bonds. The van der Waals surface area contributed by atoms with Gasteiger partial charge < -0.3 is 4.74 Å². The van der Waals surface area contributed by atoms with Gasteiger partial charge in [0.05, 0.1) is 19.0 Å². The van der Waals surface area contributed by atoms with Gasteiger partial charge in [-0.1, -0.05) is 0 Å². The van der Waals surface area contributed by atoms with Crippen LogP contribution in [0, 0.1) is 0 Å². The number of esters is 1. The van der Waals surface area contributed by atoms with Crippen molar-refractivity contribution in [3.8, 4) is 0 Å². The first-order chi connectivity index (χ1) is 8.81. The third kappa shape index (κ3) is 2.92. The summed E-state index contributed by atoms with van der Waals surface area (Å²) in [7, 11) is 1.35. The number of hydrazone groups is 1. The Kier molecular flexibility index (Phi) is 4.03. The van der Waals surface area contributed by atoms with E-state index >= 15 is 0 Å². The van der Waals surface area contributed by atoms with Crippen LogP contribution in [0.25, 0.3) is 0 Å². The summed E-state index contributed by atoms with van der Waals surface area (Å²) in [5.74, 6) is -0.369. The Balaban J connectivity index is 2.05. The molecule has 0 aliphatic rings. The van der Waals surface area contributed by atoms with Gasteiger partial charge in [-0.3, -0.25) is 10.4 Å². The molecule has 0 radical (unpaired) electrons. The smallest absolute Gasteiger partial charge is 0.350 e. The number of hydrogen-bond donors (Lipinski definition) is 1. The number of hydrogen-bond acceptors (Lipinski definition) is 6. The lowest BCUT2D eigenvalue weighted by Gasteiger charge is -2.00. The molecule has 6 heteroatoms. The number of nitrogens with one attached hydrogen (secondary N) is 1. The Labute approximate surface area is 108 Å². The molecule has 1 N–H and O–H groups in total. The number of carbonyl (C=O) groups is 1. The van der Waals surface area contributed by atoms with Gasteiger partial charge in [-0.2, -0.15) is 5.10 Å². The van der Waals surface area contributed by atoms with Crippen molar-refractivity contribution >= 4 is 29.2 Å². The van der Waals surface area contributed by atoms with Crippen LogP contribution in [-0.4, -0.2) is 24.3 Å². The molecule has 5 nitrogen and oxygen atoms in total. The molecule has 0 saturated heterocycles. The molecule has 0 aromatic carbocycles. The van der Waals surface area contributed by atoms with Gasteiger partial charge in [0, 0.05) is 12.4 Å². The van der Waals surface area contributed by atoms with E-state index in [9.17, 15) is 4.79 Å². The predicted octanol–water partition coefficient (Wildman–Crippen LogP) is 2.38. The summed E-state index contributed by atoms with van der Waals surface area (Å²) in [5, 5.41) is 5.86. The zero-order chi connectivity index (χ0) is 12.8. The van der Waals surface area contributed by atoms with Gasteiger partial charge in [0.25, 0.3) is 0 Å². The number of rotatable bonds is 4. The molecule has 92 valence electrons. The molecule has 2 aromatic rings. The highest BCUT2D eigenvalue weighted by atomic mass is 32.1. The molecule has 0 bridgehead atoms. The first-order valence-corrected chi connectivity index (χ1v) is 6.04. The summed E-state index contributed by atoms with van der Waals surface area (Å²) >= 11 is 1.31. The number of pyridine rings is 1. The number of methoxy groups -OCH3 is 1. The van der Waals surface area contributed by atoms with Crippen LogP contribution >= 0.6 is 11.3 Å². The fourth-order valence-corrected chi connectivity index (χ4v) is 2.03. The van der Waals surface area contributed by atoms with Crippen molar-refractivity contribution in [3.63, 3.8) is 0 Å². The number of carbonyl (C=O) groups excluding carboxylic acids is 1. The summed E-state index contributed by atoms with van der Waals surface area (Å²) in [6, 6.07) is 5.45. The van der Waals surface area contributed by atoms with Crippen molar-refractivity contribution in [2.45, 2.75) is 0 Å². The summed E-state index contributed by atoms with van der Waals surface area (Å²) in [6.45, 7) is 0. The minimum absolute atomic E-state index is 0.369.